The van der Waals surface area contributed by atoms with E-state index in [0.717, 1.165) is 17.7 Å². The monoisotopic (exact) mass is 331 g/mol. The molecular formula is C19H29N3O2. The first-order valence-corrected chi connectivity index (χ1v) is 9.07. The first kappa shape index (κ1) is 17.1. The third kappa shape index (κ3) is 3.83. The molecule has 3 rings (SSSR count). The predicted octanol–water partition coefficient (Wildman–Crippen LogP) is 2.71. The fourth-order valence-corrected chi connectivity index (χ4v) is 4.39. The Morgan fingerprint density at radius 1 is 1.29 bits per heavy atom. The van der Waals surface area contributed by atoms with Crippen molar-refractivity contribution in [2.45, 2.75) is 51.7 Å². The number of aliphatic hydroxyl groups excluding tert-OH is 1. The summed E-state index contributed by atoms with van der Waals surface area (Å²) in [6.07, 6.45) is 3.53. The van der Waals surface area contributed by atoms with Crippen LogP contribution in [0.4, 0.5) is 10.5 Å². The molecule has 4 N–H and O–H groups in total. The lowest BCUT2D eigenvalue weighted by Crippen LogP contribution is -2.48. The summed E-state index contributed by atoms with van der Waals surface area (Å²) in [6, 6.07) is 8.48. The predicted molar refractivity (Wildman–Crippen MR) is 95.8 cm³/mol. The van der Waals surface area contributed by atoms with Gasteiger partial charge in [-0.05, 0) is 62.6 Å². The van der Waals surface area contributed by atoms with E-state index in [4.69, 9.17) is 0 Å². The van der Waals surface area contributed by atoms with Crippen LogP contribution < -0.4 is 16.0 Å². The third-order valence-electron chi connectivity index (χ3n) is 5.43. The van der Waals surface area contributed by atoms with Gasteiger partial charge in [-0.25, -0.2) is 4.79 Å². The topological polar surface area (TPSA) is 73.4 Å². The smallest absolute Gasteiger partial charge is 0.315 e. The number of urea groups is 1. The van der Waals surface area contributed by atoms with Gasteiger partial charge in [-0.3, -0.25) is 0 Å². The van der Waals surface area contributed by atoms with E-state index in [-0.39, 0.29) is 24.6 Å². The van der Waals surface area contributed by atoms with E-state index in [1.807, 2.05) is 18.2 Å². The highest BCUT2D eigenvalue weighted by atomic mass is 16.3. The van der Waals surface area contributed by atoms with Crippen LogP contribution in [0.15, 0.2) is 24.3 Å². The quantitative estimate of drug-likeness (QED) is 0.647. The fraction of sp³-hybridized carbons (Fsp3) is 0.632. The lowest BCUT2D eigenvalue weighted by atomic mass is 9.85. The molecule has 2 aliphatic carbocycles. The molecule has 4 atom stereocenters. The van der Waals surface area contributed by atoms with Crippen LogP contribution in [0.1, 0.15) is 38.7 Å². The van der Waals surface area contributed by atoms with E-state index in [9.17, 15) is 9.90 Å². The van der Waals surface area contributed by atoms with E-state index in [0.29, 0.717) is 24.4 Å². The number of rotatable bonds is 6. The van der Waals surface area contributed by atoms with Gasteiger partial charge in [0, 0.05) is 36.8 Å². The Labute approximate surface area is 144 Å². The van der Waals surface area contributed by atoms with Crippen LogP contribution in [0.5, 0.6) is 0 Å². The molecule has 1 aromatic carbocycles. The molecule has 24 heavy (non-hydrogen) atoms. The largest absolute Gasteiger partial charge is 0.396 e. The Balaban J connectivity index is 1.51. The molecule has 4 unspecified atom stereocenters. The second-order valence-electron chi connectivity index (χ2n) is 7.53. The van der Waals surface area contributed by atoms with Crippen molar-refractivity contribution in [3.05, 3.63) is 29.8 Å². The van der Waals surface area contributed by atoms with Crippen molar-refractivity contribution >= 4 is 11.7 Å². The minimum atomic E-state index is -0.131. The molecule has 2 fully saturated rings. The number of anilines is 1. The summed E-state index contributed by atoms with van der Waals surface area (Å²) in [6.45, 7) is 4.88. The molecule has 1 aromatic rings. The maximum Gasteiger partial charge on any atom is 0.315 e. The van der Waals surface area contributed by atoms with Crippen LogP contribution in [0.25, 0.3) is 0 Å². The number of aliphatic hydroxyl groups is 1. The van der Waals surface area contributed by atoms with Crippen molar-refractivity contribution in [1.29, 1.82) is 0 Å². The van der Waals surface area contributed by atoms with Crippen molar-refractivity contribution in [1.82, 2.24) is 10.6 Å². The molecule has 0 heterocycles. The Bertz CT molecular complexity index is 575. The van der Waals surface area contributed by atoms with Crippen molar-refractivity contribution in [2.75, 3.05) is 11.9 Å². The number of fused-ring (bicyclic) bond motifs is 2. The lowest BCUT2D eigenvalue weighted by molar-refractivity contribution is 0.144. The fourth-order valence-electron chi connectivity index (χ4n) is 4.39. The molecule has 2 saturated carbocycles. The molecule has 132 valence electrons. The highest BCUT2D eigenvalue weighted by Gasteiger charge is 2.47. The normalized spacial score (nSPS) is 28.2. The minimum absolute atomic E-state index is 0.127. The van der Waals surface area contributed by atoms with E-state index in [1.54, 1.807) is 0 Å². The Hall–Kier alpha value is -1.75. The number of hydrogen-bond donors (Lipinski definition) is 4. The van der Waals surface area contributed by atoms with Gasteiger partial charge in [0.25, 0.3) is 0 Å². The summed E-state index contributed by atoms with van der Waals surface area (Å²) in [5.74, 6) is 1.36. The Morgan fingerprint density at radius 3 is 2.83 bits per heavy atom. The van der Waals surface area contributed by atoms with Crippen molar-refractivity contribution in [3.63, 3.8) is 0 Å². The Morgan fingerprint density at radius 2 is 2.08 bits per heavy atom. The SMILES string of the molecule is CC(C)Nc1cccc(CNC(=O)NC2C3CCC(C3)C2CO)c1. The van der Waals surface area contributed by atoms with Crippen molar-refractivity contribution in [3.8, 4) is 0 Å². The lowest BCUT2D eigenvalue weighted by Gasteiger charge is -2.30. The first-order chi connectivity index (χ1) is 11.6. The molecule has 0 aliphatic heterocycles. The summed E-state index contributed by atoms with van der Waals surface area (Å²) < 4.78 is 0. The minimum Gasteiger partial charge on any atom is -0.396 e. The number of carbonyl (C=O) groups excluding carboxylic acids is 1. The number of nitrogens with one attached hydrogen (secondary N) is 3. The van der Waals surface area contributed by atoms with Gasteiger partial charge in [0.1, 0.15) is 0 Å². The van der Waals surface area contributed by atoms with Gasteiger partial charge >= 0.3 is 6.03 Å². The van der Waals surface area contributed by atoms with Gasteiger partial charge in [0.2, 0.25) is 0 Å². The molecule has 5 nitrogen and oxygen atoms in total. The van der Waals surface area contributed by atoms with Crippen LogP contribution in [0, 0.1) is 17.8 Å². The van der Waals surface area contributed by atoms with Gasteiger partial charge in [-0.1, -0.05) is 12.1 Å². The highest BCUT2D eigenvalue weighted by molar-refractivity contribution is 5.74. The van der Waals surface area contributed by atoms with Gasteiger partial charge in [-0.15, -0.1) is 0 Å². The molecular weight excluding hydrogens is 302 g/mol. The van der Waals surface area contributed by atoms with Crippen LogP contribution >= 0.6 is 0 Å². The summed E-state index contributed by atoms with van der Waals surface area (Å²) in [5, 5.41) is 19.0. The highest BCUT2D eigenvalue weighted by Crippen LogP contribution is 2.48. The number of carbonyl (C=O) groups is 1. The van der Waals surface area contributed by atoms with Gasteiger partial charge in [-0.2, -0.15) is 0 Å². The summed E-state index contributed by atoms with van der Waals surface area (Å²) in [5.41, 5.74) is 2.14. The number of hydrogen-bond acceptors (Lipinski definition) is 3. The summed E-state index contributed by atoms with van der Waals surface area (Å²) in [7, 11) is 0. The maximum atomic E-state index is 12.3. The maximum absolute atomic E-state index is 12.3. The summed E-state index contributed by atoms with van der Waals surface area (Å²) >= 11 is 0. The van der Waals surface area contributed by atoms with E-state index in [2.05, 4.69) is 35.9 Å². The van der Waals surface area contributed by atoms with Crippen LogP contribution in [-0.2, 0) is 6.54 Å². The number of amides is 2. The standard InChI is InChI=1S/C19H29N3O2/c1-12(2)21-16-5-3-4-13(8-16)10-20-19(24)22-18-15-7-6-14(9-15)17(18)11-23/h3-5,8,12,14-15,17-18,21,23H,6-7,9-11H2,1-2H3,(H2,20,22,24). The number of benzene rings is 1. The molecule has 0 radical (unpaired) electrons. The van der Waals surface area contributed by atoms with Crippen LogP contribution in [0.3, 0.4) is 0 Å². The first-order valence-electron chi connectivity index (χ1n) is 9.07. The van der Waals surface area contributed by atoms with E-state index in [1.165, 1.54) is 12.8 Å². The molecule has 0 saturated heterocycles. The van der Waals surface area contributed by atoms with Crippen LogP contribution in [-0.4, -0.2) is 29.8 Å². The average Bonchev–Trinajstić information content (AvgIpc) is 3.14. The second-order valence-corrected chi connectivity index (χ2v) is 7.53. The molecule has 2 amide bonds. The van der Waals surface area contributed by atoms with E-state index >= 15 is 0 Å². The van der Waals surface area contributed by atoms with Crippen LogP contribution in [0.2, 0.25) is 0 Å². The third-order valence-corrected chi connectivity index (χ3v) is 5.43. The zero-order chi connectivity index (χ0) is 17.1. The molecule has 5 heteroatoms. The molecule has 0 aromatic heterocycles. The zero-order valence-electron chi connectivity index (χ0n) is 14.6. The van der Waals surface area contributed by atoms with Crippen molar-refractivity contribution in [2.24, 2.45) is 17.8 Å². The zero-order valence-corrected chi connectivity index (χ0v) is 14.6. The molecule has 2 bridgehead atoms. The molecule has 0 spiro atoms. The summed E-state index contributed by atoms with van der Waals surface area (Å²) in [4.78, 5) is 12.3. The average molecular weight is 331 g/mol. The van der Waals surface area contributed by atoms with Crippen molar-refractivity contribution < 1.29 is 9.90 Å². The molecule has 2 aliphatic rings. The Kier molecular flexibility index (Phi) is 5.29. The van der Waals surface area contributed by atoms with Gasteiger partial charge < -0.3 is 21.1 Å². The van der Waals surface area contributed by atoms with Gasteiger partial charge in [0.15, 0.2) is 0 Å². The van der Waals surface area contributed by atoms with E-state index < -0.39 is 0 Å². The second kappa shape index (κ2) is 7.43. The van der Waals surface area contributed by atoms with Gasteiger partial charge in [0.05, 0.1) is 0 Å².